The number of hydrogen-bond donors (Lipinski definition) is 0. The van der Waals surface area contributed by atoms with Crippen LogP contribution < -0.4 is 4.74 Å². The van der Waals surface area contributed by atoms with Gasteiger partial charge >= 0.3 is 5.97 Å². The van der Waals surface area contributed by atoms with Gasteiger partial charge in [0.25, 0.3) is 11.8 Å². The third kappa shape index (κ3) is 5.17. The Balaban J connectivity index is 1.55. The molecule has 2 aromatic heterocycles. The third-order valence-corrected chi connectivity index (χ3v) is 4.77. The van der Waals surface area contributed by atoms with Gasteiger partial charge in [-0.3, -0.25) is 0 Å². The molecule has 3 rings (SSSR count). The molecular formula is C20H22N2O4S. The fourth-order valence-electron chi connectivity index (χ4n) is 2.41. The first-order valence-corrected chi connectivity index (χ1v) is 9.86. The van der Waals surface area contributed by atoms with E-state index in [-0.39, 0.29) is 5.89 Å². The Labute approximate surface area is 162 Å². The number of esters is 1. The summed E-state index contributed by atoms with van der Waals surface area (Å²) >= 11 is 1.51. The molecular weight excluding hydrogens is 364 g/mol. The second-order valence-electron chi connectivity index (χ2n) is 6.05. The van der Waals surface area contributed by atoms with Crippen molar-refractivity contribution >= 4 is 17.3 Å². The largest absolute Gasteiger partial charge is 0.494 e. The Morgan fingerprint density at radius 3 is 2.70 bits per heavy atom. The van der Waals surface area contributed by atoms with Gasteiger partial charge in [-0.1, -0.05) is 25.8 Å². The van der Waals surface area contributed by atoms with E-state index < -0.39 is 12.1 Å². The quantitative estimate of drug-likeness (QED) is 0.368. The summed E-state index contributed by atoms with van der Waals surface area (Å²) in [6, 6.07) is 10.7. The van der Waals surface area contributed by atoms with E-state index in [1.165, 1.54) is 11.3 Å². The Morgan fingerprint density at radius 2 is 2.00 bits per heavy atom. The van der Waals surface area contributed by atoms with Crippen LogP contribution in [0.3, 0.4) is 0 Å². The van der Waals surface area contributed by atoms with Crippen LogP contribution in [0.25, 0.3) is 10.8 Å². The van der Waals surface area contributed by atoms with Gasteiger partial charge in [-0.05, 0) is 49.1 Å². The molecule has 0 saturated heterocycles. The van der Waals surface area contributed by atoms with Crippen LogP contribution in [0.4, 0.5) is 0 Å². The number of benzene rings is 1. The van der Waals surface area contributed by atoms with Crippen molar-refractivity contribution in [3.63, 3.8) is 0 Å². The zero-order valence-electron chi connectivity index (χ0n) is 15.4. The number of carbonyl (C=O) groups is 1. The lowest BCUT2D eigenvalue weighted by atomic mass is 10.2. The van der Waals surface area contributed by atoms with E-state index in [1.807, 2.05) is 17.5 Å². The summed E-state index contributed by atoms with van der Waals surface area (Å²) in [6.45, 7) is 4.53. The minimum atomic E-state index is -0.635. The lowest BCUT2D eigenvalue weighted by molar-refractivity contribution is 0.0280. The SMILES string of the molecule is CCCCCOc1ccc(C(=O)OC(C)c2nnc(-c3cccs3)o2)cc1. The maximum atomic E-state index is 12.3. The normalized spacial score (nSPS) is 11.9. The third-order valence-electron chi connectivity index (χ3n) is 3.91. The fourth-order valence-corrected chi connectivity index (χ4v) is 3.05. The van der Waals surface area contributed by atoms with Gasteiger partial charge in [-0.25, -0.2) is 4.79 Å². The number of ether oxygens (including phenoxy) is 2. The number of hydrogen-bond acceptors (Lipinski definition) is 7. The van der Waals surface area contributed by atoms with Gasteiger partial charge in [0.05, 0.1) is 17.0 Å². The van der Waals surface area contributed by atoms with Crippen molar-refractivity contribution in [2.24, 2.45) is 0 Å². The van der Waals surface area contributed by atoms with Gasteiger partial charge in [0.15, 0.2) is 6.10 Å². The number of carbonyl (C=O) groups excluding carboxylic acids is 1. The molecule has 0 aliphatic rings. The predicted octanol–water partition coefficient (Wildman–Crippen LogP) is 5.29. The average molecular weight is 386 g/mol. The molecule has 2 heterocycles. The molecule has 1 atom stereocenters. The molecule has 0 aliphatic heterocycles. The van der Waals surface area contributed by atoms with E-state index in [0.717, 1.165) is 29.9 Å². The number of aromatic nitrogens is 2. The van der Waals surface area contributed by atoms with Crippen molar-refractivity contribution in [1.29, 1.82) is 0 Å². The van der Waals surface area contributed by atoms with Crippen LogP contribution >= 0.6 is 11.3 Å². The van der Waals surface area contributed by atoms with Gasteiger partial charge in [0.2, 0.25) is 0 Å². The number of thiophene rings is 1. The second kappa shape index (κ2) is 9.32. The van der Waals surface area contributed by atoms with Crippen LogP contribution in [0.15, 0.2) is 46.2 Å². The van der Waals surface area contributed by atoms with E-state index in [9.17, 15) is 4.79 Å². The summed E-state index contributed by atoms with van der Waals surface area (Å²) in [7, 11) is 0. The highest BCUT2D eigenvalue weighted by Crippen LogP contribution is 2.26. The van der Waals surface area contributed by atoms with E-state index in [1.54, 1.807) is 31.2 Å². The molecule has 6 nitrogen and oxygen atoms in total. The topological polar surface area (TPSA) is 74.5 Å². The van der Waals surface area contributed by atoms with Gasteiger partial charge in [-0.2, -0.15) is 0 Å². The fraction of sp³-hybridized carbons (Fsp3) is 0.350. The van der Waals surface area contributed by atoms with Crippen molar-refractivity contribution in [2.75, 3.05) is 6.61 Å². The van der Waals surface area contributed by atoms with Crippen molar-refractivity contribution in [3.8, 4) is 16.5 Å². The first-order chi connectivity index (χ1) is 13.2. The molecule has 142 valence electrons. The average Bonchev–Trinajstić information content (AvgIpc) is 3.37. The van der Waals surface area contributed by atoms with Gasteiger partial charge < -0.3 is 13.9 Å². The van der Waals surface area contributed by atoms with Crippen molar-refractivity contribution in [2.45, 2.75) is 39.2 Å². The van der Waals surface area contributed by atoms with Crippen LogP contribution in [0, 0.1) is 0 Å². The van der Waals surface area contributed by atoms with Crippen molar-refractivity contribution < 1.29 is 18.7 Å². The maximum Gasteiger partial charge on any atom is 0.338 e. The summed E-state index contributed by atoms with van der Waals surface area (Å²) in [5.74, 6) is 0.985. The molecule has 0 spiro atoms. The molecule has 0 N–H and O–H groups in total. The highest BCUT2D eigenvalue weighted by atomic mass is 32.1. The lowest BCUT2D eigenvalue weighted by Gasteiger charge is -2.10. The van der Waals surface area contributed by atoms with Crippen LogP contribution in [0.5, 0.6) is 5.75 Å². The summed E-state index contributed by atoms with van der Waals surface area (Å²) in [5, 5.41) is 9.90. The molecule has 27 heavy (non-hydrogen) atoms. The van der Waals surface area contributed by atoms with E-state index in [0.29, 0.717) is 18.1 Å². The number of nitrogens with zero attached hydrogens (tertiary/aromatic N) is 2. The maximum absolute atomic E-state index is 12.3. The number of unbranched alkanes of at least 4 members (excludes halogenated alkanes) is 2. The molecule has 0 aliphatic carbocycles. The molecule has 3 aromatic rings. The smallest absolute Gasteiger partial charge is 0.338 e. The van der Waals surface area contributed by atoms with E-state index >= 15 is 0 Å². The first kappa shape index (κ1) is 19.1. The summed E-state index contributed by atoms with van der Waals surface area (Å²) in [5.41, 5.74) is 0.445. The molecule has 0 amide bonds. The molecule has 0 fully saturated rings. The van der Waals surface area contributed by atoms with Crippen LogP contribution in [0.2, 0.25) is 0 Å². The molecule has 1 unspecified atom stereocenters. The highest BCUT2D eigenvalue weighted by molar-refractivity contribution is 7.13. The molecule has 0 bridgehead atoms. The predicted molar refractivity (Wildman–Crippen MR) is 103 cm³/mol. The molecule has 0 radical (unpaired) electrons. The van der Waals surface area contributed by atoms with Crippen molar-refractivity contribution in [1.82, 2.24) is 10.2 Å². The van der Waals surface area contributed by atoms with Gasteiger partial charge in [0, 0.05) is 0 Å². The summed E-state index contributed by atoms with van der Waals surface area (Å²) in [6.07, 6.45) is 2.69. The Bertz CT molecular complexity index is 843. The first-order valence-electron chi connectivity index (χ1n) is 8.98. The standard InChI is InChI=1S/C20H22N2O4S/c1-3-4-5-12-24-16-10-8-15(9-11-16)20(23)25-14(2)18-21-22-19(26-18)17-7-6-13-27-17/h6-11,13-14H,3-5,12H2,1-2H3. The highest BCUT2D eigenvalue weighted by Gasteiger charge is 2.20. The van der Waals surface area contributed by atoms with E-state index in [4.69, 9.17) is 13.9 Å². The Morgan fingerprint density at radius 1 is 1.19 bits per heavy atom. The van der Waals surface area contributed by atoms with E-state index in [2.05, 4.69) is 17.1 Å². The summed E-state index contributed by atoms with van der Waals surface area (Å²) < 4.78 is 16.7. The minimum absolute atomic E-state index is 0.266. The number of rotatable bonds is 9. The molecule has 0 saturated carbocycles. The second-order valence-corrected chi connectivity index (χ2v) is 7.00. The zero-order valence-corrected chi connectivity index (χ0v) is 16.2. The molecule has 7 heteroatoms. The summed E-state index contributed by atoms with van der Waals surface area (Å²) in [4.78, 5) is 13.2. The van der Waals surface area contributed by atoms with Crippen LogP contribution in [-0.4, -0.2) is 22.8 Å². The lowest BCUT2D eigenvalue weighted by Crippen LogP contribution is -2.09. The van der Waals surface area contributed by atoms with Crippen molar-refractivity contribution in [3.05, 3.63) is 53.2 Å². The minimum Gasteiger partial charge on any atom is -0.494 e. The Hall–Kier alpha value is -2.67. The van der Waals surface area contributed by atoms with Crippen LogP contribution in [0.1, 0.15) is 55.5 Å². The van der Waals surface area contributed by atoms with Gasteiger partial charge in [-0.15, -0.1) is 21.5 Å². The monoisotopic (exact) mass is 386 g/mol. The van der Waals surface area contributed by atoms with Gasteiger partial charge in [0.1, 0.15) is 5.75 Å². The Kier molecular flexibility index (Phi) is 6.59. The zero-order chi connectivity index (χ0) is 19.1. The molecule has 1 aromatic carbocycles. The van der Waals surface area contributed by atoms with Crippen LogP contribution in [-0.2, 0) is 4.74 Å².